The first-order valence-electron chi connectivity index (χ1n) is 8.98. The topological polar surface area (TPSA) is 76.1 Å². The minimum atomic E-state index is -1.18. The maximum atomic E-state index is 12.8. The second-order valence-electron chi connectivity index (χ2n) is 6.73. The first kappa shape index (κ1) is 18.9. The van der Waals surface area contributed by atoms with E-state index in [1.54, 1.807) is 46.6 Å². The molecular formula is C22H21NO6. The molecule has 4 rings (SSSR count). The first-order chi connectivity index (χ1) is 14.0. The number of pyridine rings is 1. The first-order valence-corrected chi connectivity index (χ1v) is 8.98. The largest absolute Gasteiger partial charge is 0.496 e. The molecule has 2 aromatic carbocycles. The molecule has 0 spiro atoms. The Kier molecular flexibility index (Phi) is 4.45. The van der Waals surface area contributed by atoms with E-state index in [1.165, 1.54) is 7.11 Å². The van der Waals surface area contributed by atoms with Gasteiger partial charge in [-0.25, -0.2) is 4.79 Å². The van der Waals surface area contributed by atoms with Gasteiger partial charge in [-0.2, -0.15) is 0 Å². The summed E-state index contributed by atoms with van der Waals surface area (Å²) in [6.07, 6.45) is 1.67. The van der Waals surface area contributed by atoms with E-state index in [0.717, 1.165) is 10.8 Å². The number of cyclic esters (lactones) is 1. The lowest BCUT2D eigenvalue weighted by Gasteiger charge is -2.26. The Morgan fingerprint density at radius 1 is 0.862 bits per heavy atom. The van der Waals surface area contributed by atoms with E-state index in [-0.39, 0.29) is 0 Å². The van der Waals surface area contributed by atoms with E-state index in [1.807, 2.05) is 18.2 Å². The average Bonchev–Trinajstić information content (AvgIpc) is 3.03. The standard InChI is InChI=1S/C22H21NO6/c1-22(19-15(26-3)7-6-14(25-2)18(19)21(24)29-22)20-13-11-17(28-5)16(27-4)10-12(13)8-9-23-20/h6-11H,1-5H3. The maximum Gasteiger partial charge on any atom is 0.343 e. The summed E-state index contributed by atoms with van der Waals surface area (Å²) in [5.41, 5.74) is 0.313. The normalized spacial score (nSPS) is 17.6. The van der Waals surface area contributed by atoms with Crippen LogP contribution in [-0.4, -0.2) is 39.4 Å². The Bertz CT molecular complexity index is 1130. The second kappa shape index (κ2) is 6.84. The second-order valence-corrected chi connectivity index (χ2v) is 6.73. The van der Waals surface area contributed by atoms with Crippen LogP contribution in [0.3, 0.4) is 0 Å². The highest BCUT2D eigenvalue weighted by Crippen LogP contribution is 2.50. The van der Waals surface area contributed by atoms with Crippen molar-refractivity contribution in [1.29, 1.82) is 0 Å². The number of carbonyl (C=O) groups is 1. The van der Waals surface area contributed by atoms with Gasteiger partial charge < -0.3 is 23.7 Å². The van der Waals surface area contributed by atoms with Gasteiger partial charge in [0, 0.05) is 11.6 Å². The monoisotopic (exact) mass is 395 g/mol. The predicted molar refractivity (Wildman–Crippen MR) is 106 cm³/mol. The maximum absolute atomic E-state index is 12.8. The molecule has 1 unspecified atom stereocenters. The smallest absolute Gasteiger partial charge is 0.343 e. The molecule has 0 N–H and O–H groups in total. The number of hydrogen-bond donors (Lipinski definition) is 0. The van der Waals surface area contributed by atoms with Gasteiger partial charge in [0.25, 0.3) is 0 Å². The summed E-state index contributed by atoms with van der Waals surface area (Å²) in [7, 11) is 6.22. The van der Waals surface area contributed by atoms with Gasteiger partial charge in [0.2, 0.25) is 0 Å². The van der Waals surface area contributed by atoms with Gasteiger partial charge in [-0.05, 0) is 42.6 Å². The Morgan fingerprint density at radius 2 is 1.48 bits per heavy atom. The minimum absolute atomic E-state index is 0.341. The fourth-order valence-electron chi connectivity index (χ4n) is 3.91. The van der Waals surface area contributed by atoms with Crippen molar-refractivity contribution < 1.29 is 28.5 Å². The Hall–Kier alpha value is -3.48. The molecule has 0 saturated carbocycles. The van der Waals surface area contributed by atoms with Crippen molar-refractivity contribution in [2.45, 2.75) is 12.5 Å². The van der Waals surface area contributed by atoms with Crippen LogP contribution in [-0.2, 0) is 10.3 Å². The zero-order valence-electron chi connectivity index (χ0n) is 16.9. The molecule has 2 heterocycles. The van der Waals surface area contributed by atoms with Crippen molar-refractivity contribution in [3.05, 3.63) is 53.3 Å². The van der Waals surface area contributed by atoms with Crippen LogP contribution in [0.4, 0.5) is 0 Å². The fraction of sp³-hybridized carbons (Fsp3) is 0.273. The summed E-state index contributed by atoms with van der Waals surface area (Å²) in [5.74, 6) is 1.62. The molecule has 0 radical (unpaired) electrons. The van der Waals surface area contributed by atoms with Crippen molar-refractivity contribution in [3.63, 3.8) is 0 Å². The molecule has 0 bridgehead atoms. The number of esters is 1. The number of aromatic nitrogens is 1. The van der Waals surface area contributed by atoms with Crippen LogP contribution in [0.1, 0.15) is 28.5 Å². The number of methoxy groups -OCH3 is 4. The summed E-state index contributed by atoms with van der Waals surface area (Å²) in [4.78, 5) is 17.4. The molecule has 0 saturated heterocycles. The third kappa shape index (κ3) is 2.65. The van der Waals surface area contributed by atoms with Crippen LogP contribution in [0.2, 0.25) is 0 Å². The van der Waals surface area contributed by atoms with Crippen LogP contribution >= 0.6 is 0 Å². The third-order valence-electron chi connectivity index (χ3n) is 5.27. The van der Waals surface area contributed by atoms with Crippen LogP contribution in [0.25, 0.3) is 10.8 Å². The Morgan fingerprint density at radius 3 is 2.14 bits per heavy atom. The number of benzene rings is 2. The molecule has 150 valence electrons. The summed E-state index contributed by atoms with van der Waals surface area (Å²) in [5, 5.41) is 1.65. The molecule has 1 aromatic heterocycles. The number of fused-ring (bicyclic) bond motifs is 2. The number of rotatable bonds is 5. The molecule has 29 heavy (non-hydrogen) atoms. The van der Waals surface area contributed by atoms with E-state index in [2.05, 4.69) is 4.98 Å². The summed E-state index contributed by atoms with van der Waals surface area (Å²) in [6, 6.07) is 9.01. The highest BCUT2D eigenvalue weighted by atomic mass is 16.6. The molecule has 0 fully saturated rings. The van der Waals surface area contributed by atoms with Gasteiger partial charge in [-0.15, -0.1) is 0 Å². The van der Waals surface area contributed by atoms with Gasteiger partial charge >= 0.3 is 5.97 Å². The molecule has 0 amide bonds. The van der Waals surface area contributed by atoms with Gasteiger partial charge in [0.1, 0.15) is 17.1 Å². The zero-order valence-corrected chi connectivity index (χ0v) is 16.9. The molecule has 0 aliphatic carbocycles. The average molecular weight is 395 g/mol. The van der Waals surface area contributed by atoms with E-state index in [4.69, 9.17) is 23.7 Å². The lowest BCUT2D eigenvalue weighted by molar-refractivity contribution is 0.0165. The van der Waals surface area contributed by atoms with Crippen molar-refractivity contribution in [1.82, 2.24) is 4.98 Å². The zero-order chi connectivity index (χ0) is 20.8. The molecule has 3 aromatic rings. The van der Waals surface area contributed by atoms with Crippen molar-refractivity contribution in [2.24, 2.45) is 0 Å². The lowest BCUT2D eigenvalue weighted by Crippen LogP contribution is -2.26. The number of hydrogen-bond acceptors (Lipinski definition) is 7. The Balaban J connectivity index is 2.05. The van der Waals surface area contributed by atoms with Crippen molar-refractivity contribution >= 4 is 16.7 Å². The summed E-state index contributed by atoms with van der Waals surface area (Å²) < 4.78 is 27.7. The summed E-state index contributed by atoms with van der Waals surface area (Å²) >= 11 is 0. The van der Waals surface area contributed by atoms with Crippen molar-refractivity contribution in [3.8, 4) is 23.0 Å². The third-order valence-corrected chi connectivity index (χ3v) is 5.27. The molecule has 7 heteroatoms. The van der Waals surface area contributed by atoms with Gasteiger partial charge in [-0.1, -0.05) is 0 Å². The van der Waals surface area contributed by atoms with Crippen LogP contribution in [0, 0.1) is 0 Å². The van der Waals surface area contributed by atoms with Crippen LogP contribution in [0.5, 0.6) is 23.0 Å². The van der Waals surface area contributed by atoms with Crippen LogP contribution in [0.15, 0.2) is 36.5 Å². The lowest BCUT2D eigenvalue weighted by atomic mass is 9.87. The number of nitrogens with zero attached hydrogens (tertiary/aromatic N) is 1. The van der Waals surface area contributed by atoms with Gasteiger partial charge in [0.05, 0.1) is 39.7 Å². The molecule has 1 aliphatic heterocycles. The fourth-order valence-corrected chi connectivity index (χ4v) is 3.91. The van der Waals surface area contributed by atoms with E-state index < -0.39 is 11.6 Å². The number of ether oxygens (including phenoxy) is 5. The SMILES string of the molecule is COc1cc2ccnc(C3(C)OC(=O)c4c(OC)ccc(OC)c43)c2cc1OC. The molecule has 1 aliphatic rings. The van der Waals surface area contributed by atoms with Crippen LogP contribution < -0.4 is 18.9 Å². The van der Waals surface area contributed by atoms with E-state index >= 15 is 0 Å². The number of carbonyl (C=O) groups excluding carboxylic acids is 1. The summed E-state index contributed by atoms with van der Waals surface area (Å²) in [6.45, 7) is 1.80. The predicted octanol–water partition coefficient (Wildman–Crippen LogP) is 3.70. The molecule has 1 atom stereocenters. The van der Waals surface area contributed by atoms with E-state index in [0.29, 0.717) is 39.8 Å². The van der Waals surface area contributed by atoms with Crippen molar-refractivity contribution in [2.75, 3.05) is 28.4 Å². The Labute approximate surface area is 168 Å². The van der Waals surface area contributed by atoms with Gasteiger partial charge in [-0.3, -0.25) is 4.98 Å². The molecular weight excluding hydrogens is 374 g/mol. The quantitative estimate of drug-likeness (QED) is 0.610. The van der Waals surface area contributed by atoms with Gasteiger partial charge in [0.15, 0.2) is 17.1 Å². The minimum Gasteiger partial charge on any atom is -0.496 e. The highest BCUT2D eigenvalue weighted by Gasteiger charge is 2.49. The highest BCUT2D eigenvalue weighted by molar-refractivity contribution is 6.00. The van der Waals surface area contributed by atoms with E-state index in [9.17, 15) is 4.79 Å². The molecule has 7 nitrogen and oxygen atoms in total.